The number of halogens is 1. The average molecular weight is 403 g/mol. The number of carbonyl (C=O) groups is 2. The smallest absolute Gasteiger partial charge is 0.320 e. The largest absolute Gasteiger partial charge is 0.493 e. The maximum atomic E-state index is 12.9. The van der Waals surface area contributed by atoms with Crippen molar-refractivity contribution >= 4 is 24.3 Å². The molecule has 1 aromatic carbocycles. The lowest BCUT2D eigenvalue weighted by Crippen LogP contribution is -2.53. The predicted molar refractivity (Wildman–Crippen MR) is 103 cm³/mol. The summed E-state index contributed by atoms with van der Waals surface area (Å²) in [5, 5.41) is 9.29. The molecule has 0 aromatic heterocycles. The fraction of sp³-hybridized carbons (Fsp3) is 0.556. The molecule has 1 aliphatic rings. The molecule has 1 atom stereocenters. The number of piperazine rings is 1. The average Bonchev–Trinajstić information content (AvgIpc) is 2.66. The van der Waals surface area contributed by atoms with E-state index < -0.39 is 12.0 Å². The van der Waals surface area contributed by atoms with Gasteiger partial charge in [-0.05, 0) is 18.6 Å². The van der Waals surface area contributed by atoms with Crippen LogP contribution in [0.25, 0.3) is 0 Å². The summed E-state index contributed by atoms with van der Waals surface area (Å²) in [6.07, 6.45) is 0.535. The number of carbonyl (C=O) groups excluding carboxylic acids is 1. The first-order chi connectivity index (χ1) is 12.5. The van der Waals surface area contributed by atoms with Gasteiger partial charge in [0.05, 0.1) is 26.9 Å². The Kier molecular flexibility index (Phi) is 8.65. The summed E-state index contributed by atoms with van der Waals surface area (Å²) in [5.74, 6) is 0.185. The standard InChI is InChI=1S/C18H26N2O6.ClH/c1-5-13(18(22)23)19-8-10-20(11-9-19)17(21)12-6-7-14(24-2)16(26-4)15(12)25-3;/h6-7,13H,5,8-11H2,1-4H3,(H,22,23);1H. The third-order valence-corrected chi connectivity index (χ3v) is 4.65. The third-order valence-electron chi connectivity index (χ3n) is 4.65. The monoisotopic (exact) mass is 402 g/mol. The number of carboxylic acids is 1. The summed E-state index contributed by atoms with van der Waals surface area (Å²) in [7, 11) is 4.49. The van der Waals surface area contributed by atoms with E-state index in [2.05, 4.69) is 0 Å². The first kappa shape index (κ1) is 22.9. The van der Waals surface area contributed by atoms with Crippen LogP contribution in [0.4, 0.5) is 0 Å². The molecule has 1 aromatic rings. The zero-order valence-corrected chi connectivity index (χ0v) is 16.9. The second kappa shape index (κ2) is 10.2. The van der Waals surface area contributed by atoms with Crippen LogP contribution in [0.15, 0.2) is 12.1 Å². The molecule has 1 saturated heterocycles. The first-order valence-corrected chi connectivity index (χ1v) is 8.53. The molecule has 0 radical (unpaired) electrons. The van der Waals surface area contributed by atoms with Gasteiger partial charge in [0.1, 0.15) is 6.04 Å². The maximum absolute atomic E-state index is 12.9. The number of aliphatic carboxylic acids is 1. The van der Waals surface area contributed by atoms with Gasteiger partial charge in [0, 0.05) is 26.2 Å². The molecule has 0 bridgehead atoms. The number of methoxy groups -OCH3 is 3. The van der Waals surface area contributed by atoms with Crippen LogP contribution in [0, 0.1) is 0 Å². The molecule has 1 heterocycles. The highest BCUT2D eigenvalue weighted by atomic mass is 35.5. The molecule has 1 unspecified atom stereocenters. The normalized spacial score (nSPS) is 15.5. The number of rotatable bonds is 7. The molecule has 1 fully saturated rings. The molecule has 2 rings (SSSR count). The minimum atomic E-state index is -0.825. The van der Waals surface area contributed by atoms with Crippen LogP contribution in [-0.4, -0.2) is 80.3 Å². The minimum absolute atomic E-state index is 0. The van der Waals surface area contributed by atoms with E-state index in [-0.39, 0.29) is 18.3 Å². The van der Waals surface area contributed by atoms with Gasteiger partial charge >= 0.3 is 5.97 Å². The van der Waals surface area contributed by atoms with Crippen LogP contribution < -0.4 is 14.2 Å². The van der Waals surface area contributed by atoms with E-state index in [0.717, 1.165) is 0 Å². The molecule has 0 aliphatic carbocycles. The van der Waals surface area contributed by atoms with Gasteiger partial charge in [-0.15, -0.1) is 12.4 Å². The number of ether oxygens (including phenoxy) is 3. The lowest BCUT2D eigenvalue weighted by molar-refractivity contribution is -0.144. The van der Waals surface area contributed by atoms with Gasteiger partial charge in [0.25, 0.3) is 5.91 Å². The number of carboxylic acid groups (broad SMARTS) is 1. The van der Waals surface area contributed by atoms with Crippen molar-refractivity contribution in [1.82, 2.24) is 9.80 Å². The Morgan fingerprint density at radius 3 is 2.07 bits per heavy atom. The highest BCUT2D eigenvalue weighted by Gasteiger charge is 2.31. The van der Waals surface area contributed by atoms with E-state index in [1.54, 1.807) is 17.0 Å². The third kappa shape index (κ3) is 4.75. The van der Waals surface area contributed by atoms with Crippen molar-refractivity contribution in [3.05, 3.63) is 17.7 Å². The minimum Gasteiger partial charge on any atom is -0.493 e. The molecule has 1 amide bonds. The van der Waals surface area contributed by atoms with Gasteiger partial charge < -0.3 is 24.2 Å². The fourth-order valence-corrected chi connectivity index (χ4v) is 3.27. The number of hydrogen-bond donors (Lipinski definition) is 1. The topological polar surface area (TPSA) is 88.5 Å². The van der Waals surface area contributed by atoms with E-state index in [1.807, 2.05) is 11.8 Å². The number of nitrogens with zero attached hydrogens (tertiary/aromatic N) is 2. The molecule has 1 N–H and O–H groups in total. The SMILES string of the molecule is CCC(C(=O)O)N1CCN(C(=O)c2ccc(OC)c(OC)c2OC)CC1.Cl. The lowest BCUT2D eigenvalue weighted by Gasteiger charge is -2.37. The summed E-state index contributed by atoms with van der Waals surface area (Å²) in [6, 6.07) is 2.81. The van der Waals surface area contributed by atoms with Gasteiger partial charge in [-0.25, -0.2) is 0 Å². The zero-order valence-electron chi connectivity index (χ0n) is 16.1. The highest BCUT2D eigenvalue weighted by molar-refractivity contribution is 5.98. The Labute approximate surface area is 165 Å². The Hall–Kier alpha value is -2.19. The Morgan fingerprint density at radius 1 is 1.04 bits per heavy atom. The van der Waals surface area contributed by atoms with Crippen molar-refractivity contribution in [2.45, 2.75) is 19.4 Å². The molecule has 152 valence electrons. The molecule has 1 aliphatic heterocycles. The lowest BCUT2D eigenvalue weighted by atomic mass is 10.1. The second-order valence-corrected chi connectivity index (χ2v) is 5.97. The van der Waals surface area contributed by atoms with Gasteiger partial charge in [0.2, 0.25) is 5.75 Å². The quantitative estimate of drug-likeness (QED) is 0.743. The van der Waals surface area contributed by atoms with Gasteiger partial charge in [-0.2, -0.15) is 0 Å². The van der Waals surface area contributed by atoms with E-state index in [0.29, 0.717) is 55.4 Å². The van der Waals surface area contributed by atoms with E-state index >= 15 is 0 Å². The van der Waals surface area contributed by atoms with Crippen molar-refractivity contribution < 1.29 is 28.9 Å². The molecule has 0 spiro atoms. The van der Waals surface area contributed by atoms with Crippen molar-refractivity contribution in [2.75, 3.05) is 47.5 Å². The number of hydrogen-bond acceptors (Lipinski definition) is 6. The Morgan fingerprint density at radius 2 is 1.63 bits per heavy atom. The number of benzene rings is 1. The predicted octanol–water partition coefficient (Wildman–Crippen LogP) is 1.76. The summed E-state index contributed by atoms with van der Waals surface area (Å²) < 4.78 is 16.0. The number of amides is 1. The highest BCUT2D eigenvalue weighted by Crippen LogP contribution is 2.40. The van der Waals surface area contributed by atoms with Gasteiger partial charge in [-0.1, -0.05) is 6.92 Å². The van der Waals surface area contributed by atoms with Crippen LogP contribution >= 0.6 is 12.4 Å². The Bertz CT molecular complexity index is 661. The van der Waals surface area contributed by atoms with Crippen LogP contribution in [0.1, 0.15) is 23.7 Å². The van der Waals surface area contributed by atoms with E-state index in [4.69, 9.17) is 14.2 Å². The molecule has 0 saturated carbocycles. The van der Waals surface area contributed by atoms with Crippen LogP contribution in [0.3, 0.4) is 0 Å². The van der Waals surface area contributed by atoms with Crippen molar-refractivity contribution in [3.63, 3.8) is 0 Å². The van der Waals surface area contributed by atoms with Crippen molar-refractivity contribution in [2.24, 2.45) is 0 Å². The summed E-state index contributed by atoms with van der Waals surface area (Å²) in [6.45, 7) is 3.81. The molecule has 8 nitrogen and oxygen atoms in total. The molecular weight excluding hydrogens is 376 g/mol. The second-order valence-electron chi connectivity index (χ2n) is 5.97. The first-order valence-electron chi connectivity index (χ1n) is 8.53. The van der Waals surface area contributed by atoms with E-state index in [1.165, 1.54) is 21.3 Å². The van der Waals surface area contributed by atoms with Crippen LogP contribution in [0.5, 0.6) is 17.2 Å². The summed E-state index contributed by atoms with van der Waals surface area (Å²) >= 11 is 0. The molecule has 27 heavy (non-hydrogen) atoms. The van der Waals surface area contributed by atoms with Crippen molar-refractivity contribution in [3.8, 4) is 17.2 Å². The Balaban J connectivity index is 0.00000364. The molecule has 9 heteroatoms. The van der Waals surface area contributed by atoms with Crippen LogP contribution in [-0.2, 0) is 4.79 Å². The summed E-state index contributed by atoms with van der Waals surface area (Å²) in [5.41, 5.74) is 0.392. The fourth-order valence-electron chi connectivity index (χ4n) is 3.27. The zero-order chi connectivity index (χ0) is 19.3. The molecular formula is C18H27ClN2O6. The van der Waals surface area contributed by atoms with Gasteiger partial charge in [-0.3, -0.25) is 14.5 Å². The van der Waals surface area contributed by atoms with Gasteiger partial charge in [0.15, 0.2) is 11.5 Å². The van der Waals surface area contributed by atoms with Crippen LogP contribution in [0.2, 0.25) is 0 Å². The maximum Gasteiger partial charge on any atom is 0.320 e. The summed E-state index contributed by atoms with van der Waals surface area (Å²) in [4.78, 5) is 27.9. The van der Waals surface area contributed by atoms with E-state index in [9.17, 15) is 14.7 Å². The van der Waals surface area contributed by atoms with Crippen molar-refractivity contribution in [1.29, 1.82) is 0 Å².